The molecule has 0 N–H and O–H groups in total. The minimum atomic E-state index is -0.00295. The Balaban J connectivity index is 1.31. The Hall–Kier alpha value is -6.59. The molecule has 50 heavy (non-hydrogen) atoms. The summed E-state index contributed by atoms with van der Waals surface area (Å²) in [4.78, 5) is 9.89. The first-order chi connectivity index (χ1) is 24.8. The Morgan fingerprint density at radius 1 is 0.440 bits per heavy atom. The molecule has 0 saturated heterocycles. The van der Waals surface area contributed by atoms with Gasteiger partial charge in [0, 0.05) is 39.7 Å². The van der Waals surface area contributed by atoms with Crippen molar-refractivity contribution in [2.24, 2.45) is 0 Å². The molecule has 0 saturated carbocycles. The van der Waals surface area contributed by atoms with Crippen LogP contribution in [0.15, 0.2) is 174 Å². The van der Waals surface area contributed by atoms with Crippen LogP contribution >= 0.6 is 0 Å². The first-order valence-electron chi connectivity index (χ1n) is 17.1. The number of hydrogen-bond acceptors (Lipinski definition) is 4. The van der Waals surface area contributed by atoms with E-state index >= 15 is 0 Å². The van der Waals surface area contributed by atoms with Gasteiger partial charge >= 0.3 is 0 Å². The van der Waals surface area contributed by atoms with E-state index in [0.717, 1.165) is 39.4 Å². The summed E-state index contributed by atoms with van der Waals surface area (Å²) >= 11 is 0. The van der Waals surface area contributed by atoms with Gasteiger partial charge in [0.15, 0.2) is 5.58 Å². The first kappa shape index (κ1) is 27.4. The molecule has 0 atom stereocenters. The molecule has 0 unspecified atom stereocenters. The summed E-state index contributed by atoms with van der Waals surface area (Å²) in [5.41, 5.74) is 13.2. The summed E-state index contributed by atoms with van der Waals surface area (Å²) in [5, 5.41) is 4.90. The highest BCUT2D eigenvalue weighted by atomic mass is 16.3. The summed E-state index contributed by atoms with van der Waals surface area (Å²) in [6.07, 6.45) is 0. The number of para-hydroxylation sites is 4. The third-order valence-corrected chi connectivity index (χ3v) is 10.4. The highest BCUT2D eigenvalue weighted by molar-refractivity contribution is 7.00. The van der Waals surface area contributed by atoms with Crippen molar-refractivity contribution in [2.45, 2.75) is 0 Å². The number of hydrogen-bond donors (Lipinski definition) is 0. The number of benzene rings is 8. The zero-order chi connectivity index (χ0) is 32.8. The molecule has 5 heteroatoms. The second kappa shape index (κ2) is 10.5. The van der Waals surface area contributed by atoms with Gasteiger partial charge in [0.25, 0.3) is 6.71 Å². The van der Waals surface area contributed by atoms with E-state index in [-0.39, 0.29) is 6.71 Å². The maximum absolute atomic E-state index is 6.48. The van der Waals surface area contributed by atoms with Crippen molar-refractivity contribution in [3.63, 3.8) is 0 Å². The van der Waals surface area contributed by atoms with E-state index in [1.165, 1.54) is 49.3 Å². The number of aromatic nitrogens is 1. The van der Waals surface area contributed by atoms with Crippen LogP contribution in [0.4, 0.5) is 34.1 Å². The van der Waals surface area contributed by atoms with E-state index in [4.69, 9.17) is 9.40 Å². The van der Waals surface area contributed by atoms with Crippen LogP contribution < -0.4 is 26.2 Å². The van der Waals surface area contributed by atoms with Crippen molar-refractivity contribution in [3.8, 4) is 11.5 Å². The second-order valence-corrected chi connectivity index (χ2v) is 13.2. The number of anilines is 6. The fraction of sp³-hybridized carbons (Fsp3) is 0. The molecule has 0 fully saturated rings. The Labute approximate surface area is 289 Å². The lowest BCUT2D eigenvalue weighted by molar-refractivity contribution is 0.620. The third-order valence-electron chi connectivity index (χ3n) is 10.4. The normalized spacial score (nSPS) is 13.1. The van der Waals surface area contributed by atoms with Crippen LogP contribution in [0.1, 0.15) is 0 Å². The van der Waals surface area contributed by atoms with Gasteiger partial charge in [-0.3, -0.25) is 0 Å². The van der Waals surface area contributed by atoms with Crippen molar-refractivity contribution in [1.29, 1.82) is 0 Å². The van der Waals surface area contributed by atoms with Crippen LogP contribution in [-0.4, -0.2) is 11.7 Å². The molecule has 3 heterocycles. The third kappa shape index (κ3) is 3.98. The highest BCUT2D eigenvalue weighted by Gasteiger charge is 2.44. The van der Waals surface area contributed by atoms with Gasteiger partial charge in [0.1, 0.15) is 5.52 Å². The number of nitrogens with zero attached hydrogens (tertiary/aromatic N) is 3. The van der Waals surface area contributed by atoms with Gasteiger partial charge in [-0.05, 0) is 98.6 Å². The van der Waals surface area contributed by atoms with Crippen molar-refractivity contribution < 1.29 is 4.42 Å². The molecule has 4 nitrogen and oxygen atoms in total. The molecule has 1 aromatic heterocycles. The summed E-state index contributed by atoms with van der Waals surface area (Å²) in [6.45, 7) is -0.00295. The lowest BCUT2D eigenvalue weighted by Gasteiger charge is -2.44. The molecule has 2 aliphatic rings. The molecule has 11 rings (SSSR count). The molecular formula is C45H28BN3O. The monoisotopic (exact) mass is 637 g/mol. The standard InChI is InChI=1S/C45H28BN3O/c1-3-17-34(18-4-1)48-39-25-31-15-9-7-13-29(31)23-36(39)46-37-24-30-14-8-10-16-32(30)26-40(37)49(35-19-5-2-6-20-35)42-28-33(27-41(48)44(42)46)45-47-38-21-11-12-22-43(38)50-45/h1-28H. The predicted octanol–water partition coefficient (Wildman–Crippen LogP) is 9.88. The van der Waals surface area contributed by atoms with Crippen molar-refractivity contribution in [1.82, 2.24) is 4.98 Å². The average molecular weight is 638 g/mol. The average Bonchev–Trinajstić information content (AvgIpc) is 3.62. The lowest BCUT2D eigenvalue weighted by Crippen LogP contribution is -2.61. The summed E-state index contributed by atoms with van der Waals surface area (Å²) in [6, 6.07) is 61.1. The number of fused-ring (bicyclic) bond motifs is 7. The largest absolute Gasteiger partial charge is 0.436 e. The van der Waals surface area contributed by atoms with Crippen LogP contribution in [0, 0.1) is 0 Å². The molecule has 9 aromatic rings. The molecule has 0 spiro atoms. The van der Waals surface area contributed by atoms with Gasteiger partial charge in [0.2, 0.25) is 5.89 Å². The zero-order valence-corrected chi connectivity index (χ0v) is 27.0. The van der Waals surface area contributed by atoms with E-state index in [1.807, 2.05) is 24.3 Å². The Kier molecular flexibility index (Phi) is 5.72. The number of oxazole rings is 1. The summed E-state index contributed by atoms with van der Waals surface area (Å²) in [5.74, 6) is 0.608. The molecule has 8 aromatic carbocycles. The van der Waals surface area contributed by atoms with Gasteiger partial charge in [-0.25, -0.2) is 4.98 Å². The van der Waals surface area contributed by atoms with Crippen molar-refractivity contribution >= 4 is 89.9 Å². The topological polar surface area (TPSA) is 32.5 Å². The Morgan fingerprint density at radius 2 is 0.900 bits per heavy atom. The fourth-order valence-electron chi connectivity index (χ4n) is 8.20. The van der Waals surface area contributed by atoms with Gasteiger partial charge in [0.05, 0.1) is 0 Å². The van der Waals surface area contributed by atoms with Crippen LogP contribution in [0.3, 0.4) is 0 Å². The van der Waals surface area contributed by atoms with Gasteiger partial charge in [-0.2, -0.15) is 0 Å². The highest BCUT2D eigenvalue weighted by Crippen LogP contribution is 2.47. The molecule has 2 aliphatic heterocycles. The van der Waals surface area contributed by atoms with Gasteiger partial charge < -0.3 is 14.2 Å². The van der Waals surface area contributed by atoms with E-state index in [2.05, 4.69) is 155 Å². The molecule has 0 amide bonds. The molecule has 0 bridgehead atoms. The van der Waals surface area contributed by atoms with Crippen molar-refractivity contribution in [2.75, 3.05) is 9.80 Å². The maximum atomic E-state index is 6.48. The van der Waals surface area contributed by atoms with Crippen molar-refractivity contribution in [3.05, 3.63) is 170 Å². The van der Waals surface area contributed by atoms with E-state index in [1.54, 1.807) is 0 Å². The lowest BCUT2D eigenvalue weighted by atomic mass is 9.33. The maximum Gasteiger partial charge on any atom is 0.252 e. The number of rotatable bonds is 3. The van der Waals surface area contributed by atoms with Crippen LogP contribution in [0.25, 0.3) is 44.1 Å². The Bertz CT molecular complexity index is 2610. The first-order valence-corrected chi connectivity index (χ1v) is 17.1. The van der Waals surface area contributed by atoms with Gasteiger partial charge in [-0.1, -0.05) is 109 Å². The predicted molar refractivity (Wildman–Crippen MR) is 208 cm³/mol. The molecule has 0 radical (unpaired) electrons. The minimum absolute atomic E-state index is 0.00295. The van der Waals surface area contributed by atoms with E-state index < -0.39 is 0 Å². The summed E-state index contributed by atoms with van der Waals surface area (Å²) < 4.78 is 6.48. The molecule has 0 aliphatic carbocycles. The summed E-state index contributed by atoms with van der Waals surface area (Å²) in [7, 11) is 0. The molecule has 232 valence electrons. The van der Waals surface area contributed by atoms with Crippen LogP contribution in [0.5, 0.6) is 0 Å². The van der Waals surface area contributed by atoms with Crippen LogP contribution in [-0.2, 0) is 0 Å². The fourth-order valence-corrected chi connectivity index (χ4v) is 8.20. The van der Waals surface area contributed by atoms with E-state index in [0.29, 0.717) is 5.89 Å². The molecular weight excluding hydrogens is 609 g/mol. The second-order valence-electron chi connectivity index (χ2n) is 13.2. The smallest absolute Gasteiger partial charge is 0.252 e. The van der Waals surface area contributed by atoms with E-state index in [9.17, 15) is 0 Å². The zero-order valence-electron chi connectivity index (χ0n) is 27.0. The quantitative estimate of drug-likeness (QED) is 0.181. The van der Waals surface area contributed by atoms with Crippen LogP contribution in [0.2, 0.25) is 0 Å². The Morgan fingerprint density at radius 3 is 1.42 bits per heavy atom. The van der Waals surface area contributed by atoms with Gasteiger partial charge in [-0.15, -0.1) is 0 Å². The minimum Gasteiger partial charge on any atom is -0.436 e. The SMILES string of the molecule is c1ccc(N2c3cc4ccccc4cc3B3c4cc5ccccc5cc4N(c4ccccc4)c4cc(-c5nc6ccccc6o5)cc2c43)cc1.